The van der Waals surface area contributed by atoms with Gasteiger partial charge in [0.25, 0.3) is 5.91 Å². The van der Waals surface area contributed by atoms with E-state index in [2.05, 4.69) is 15.3 Å². The first-order valence-corrected chi connectivity index (χ1v) is 8.36. The van der Waals surface area contributed by atoms with Crippen molar-refractivity contribution in [3.63, 3.8) is 0 Å². The van der Waals surface area contributed by atoms with Crippen molar-refractivity contribution in [2.45, 2.75) is 0 Å². The maximum atomic E-state index is 13.5. The SMILES string of the molecule is O=C(COc1ccc(F)cc1F)Nc1ccc(-n2cnc3ccccc32)nc1. The third kappa shape index (κ3) is 3.66. The van der Waals surface area contributed by atoms with Gasteiger partial charge in [0.2, 0.25) is 0 Å². The molecule has 28 heavy (non-hydrogen) atoms. The molecule has 6 nitrogen and oxygen atoms in total. The lowest BCUT2D eigenvalue weighted by molar-refractivity contribution is -0.118. The highest BCUT2D eigenvalue weighted by molar-refractivity contribution is 5.91. The van der Waals surface area contributed by atoms with Crippen LogP contribution in [0.3, 0.4) is 0 Å². The summed E-state index contributed by atoms with van der Waals surface area (Å²) in [6, 6.07) is 14.0. The molecule has 4 rings (SSSR count). The molecule has 0 bridgehead atoms. The minimum Gasteiger partial charge on any atom is -0.481 e. The van der Waals surface area contributed by atoms with E-state index in [1.807, 2.05) is 28.8 Å². The predicted octanol–water partition coefficient (Wildman–Crippen LogP) is 3.72. The van der Waals surface area contributed by atoms with Crippen LogP contribution in [-0.2, 0) is 4.79 Å². The van der Waals surface area contributed by atoms with E-state index < -0.39 is 24.1 Å². The van der Waals surface area contributed by atoms with Crippen LogP contribution in [0.5, 0.6) is 5.75 Å². The van der Waals surface area contributed by atoms with Gasteiger partial charge >= 0.3 is 0 Å². The van der Waals surface area contributed by atoms with Crippen LogP contribution < -0.4 is 10.1 Å². The van der Waals surface area contributed by atoms with Gasteiger partial charge < -0.3 is 10.1 Å². The summed E-state index contributed by atoms with van der Waals surface area (Å²) in [5, 5.41) is 2.60. The zero-order valence-electron chi connectivity index (χ0n) is 14.5. The molecule has 0 spiro atoms. The zero-order valence-corrected chi connectivity index (χ0v) is 14.5. The Bertz CT molecular complexity index is 1140. The maximum absolute atomic E-state index is 13.5. The summed E-state index contributed by atoms with van der Waals surface area (Å²) in [4.78, 5) is 20.6. The fourth-order valence-corrected chi connectivity index (χ4v) is 2.68. The van der Waals surface area contributed by atoms with Crippen LogP contribution in [-0.4, -0.2) is 27.0 Å². The number of halogens is 2. The average molecular weight is 380 g/mol. The molecular weight excluding hydrogens is 366 g/mol. The van der Waals surface area contributed by atoms with Crippen LogP contribution in [0.4, 0.5) is 14.5 Å². The summed E-state index contributed by atoms with van der Waals surface area (Å²) in [5.41, 5.74) is 2.23. The van der Waals surface area contributed by atoms with Gasteiger partial charge in [0.05, 0.1) is 22.9 Å². The van der Waals surface area contributed by atoms with Gasteiger partial charge in [-0.15, -0.1) is 0 Å². The minimum absolute atomic E-state index is 0.197. The fourth-order valence-electron chi connectivity index (χ4n) is 2.68. The van der Waals surface area contributed by atoms with Crippen LogP contribution in [0.15, 0.2) is 67.1 Å². The Kier molecular flexibility index (Phi) is 4.67. The number of pyridine rings is 1. The normalized spacial score (nSPS) is 10.8. The van der Waals surface area contributed by atoms with Crippen LogP contribution >= 0.6 is 0 Å². The Morgan fingerprint density at radius 1 is 1.07 bits per heavy atom. The molecule has 0 unspecified atom stereocenters. The second kappa shape index (κ2) is 7.43. The molecular formula is C20H14F2N4O2. The molecule has 0 fully saturated rings. The molecule has 140 valence electrons. The smallest absolute Gasteiger partial charge is 0.262 e. The fraction of sp³-hybridized carbons (Fsp3) is 0.0500. The number of nitrogens with zero attached hydrogens (tertiary/aromatic N) is 3. The number of fused-ring (bicyclic) bond motifs is 1. The number of hydrogen-bond acceptors (Lipinski definition) is 4. The summed E-state index contributed by atoms with van der Waals surface area (Å²) >= 11 is 0. The second-order valence-electron chi connectivity index (χ2n) is 5.92. The number of aromatic nitrogens is 3. The zero-order chi connectivity index (χ0) is 19.5. The van der Waals surface area contributed by atoms with Crippen molar-refractivity contribution in [2.75, 3.05) is 11.9 Å². The number of hydrogen-bond donors (Lipinski definition) is 1. The number of carbonyl (C=O) groups excluding carboxylic acids is 1. The lowest BCUT2D eigenvalue weighted by Gasteiger charge is -2.09. The third-order valence-electron chi connectivity index (χ3n) is 3.98. The van der Waals surface area contributed by atoms with Gasteiger partial charge in [0.1, 0.15) is 18.0 Å². The molecule has 0 saturated heterocycles. The Morgan fingerprint density at radius 3 is 2.71 bits per heavy atom. The largest absolute Gasteiger partial charge is 0.481 e. The monoisotopic (exact) mass is 380 g/mol. The second-order valence-corrected chi connectivity index (χ2v) is 5.92. The van der Waals surface area contributed by atoms with E-state index in [-0.39, 0.29) is 5.75 Å². The van der Waals surface area contributed by atoms with Gasteiger partial charge in [-0.2, -0.15) is 0 Å². The Balaban J connectivity index is 1.41. The number of benzene rings is 2. The summed E-state index contributed by atoms with van der Waals surface area (Å²) < 4.78 is 33.3. The van der Waals surface area contributed by atoms with Crippen molar-refractivity contribution in [1.29, 1.82) is 0 Å². The standard InChI is InChI=1S/C20H14F2N4O2/c21-13-5-7-18(15(22)9-13)28-11-20(27)25-14-6-8-19(23-10-14)26-12-24-16-3-1-2-4-17(16)26/h1-10,12H,11H2,(H,25,27). The van der Waals surface area contributed by atoms with Crippen molar-refractivity contribution in [3.8, 4) is 11.6 Å². The van der Waals surface area contributed by atoms with E-state index in [1.165, 1.54) is 6.20 Å². The van der Waals surface area contributed by atoms with Crippen LogP contribution in [0.1, 0.15) is 0 Å². The highest BCUT2D eigenvalue weighted by Gasteiger charge is 2.09. The number of rotatable bonds is 5. The number of anilines is 1. The highest BCUT2D eigenvalue weighted by atomic mass is 19.1. The Labute approximate surface area is 158 Å². The van der Waals surface area contributed by atoms with E-state index >= 15 is 0 Å². The number of ether oxygens (including phenoxy) is 1. The third-order valence-corrected chi connectivity index (χ3v) is 3.98. The molecule has 4 aromatic rings. The van der Waals surface area contributed by atoms with Crippen molar-refractivity contribution >= 4 is 22.6 Å². The van der Waals surface area contributed by atoms with Gasteiger partial charge in [0, 0.05) is 6.07 Å². The van der Waals surface area contributed by atoms with Crippen molar-refractivity contribution in [2.24, 2.45) is 0 Å². The number of nitrogens with one attached hydrogen (secondary N) is 1. The van der Waals surface area contributed by atoms with Crippen molar-refractivity contribution in [3.05, 3.63) is 78.8 Å². The van der Waals surface area contributed by atoms with Gasteiger partial charge in [-0.3, -0.25) is 9.36 Å². The molecule has 0 aliphatic rings. The first kappa shape index (κ1) is 17.6. The topological polar surface area (TPSA) is 69.0 Å². The summed E-state index contributed by atoms with van der Waals surface area (Å²) in [6.07, 6.45) is 3.18. The quantitative estimate of drug-likeness (QED) is 0.573. The molecule has 0 aliphatic heterocycles. The predicted molar refractivity (Wildman–Crippen MR) is 99.3 cm³/mol. The Hall–Kier alpha value is -3.81. The first-order valence-electron chi connectivity index (χ1n) is 8.36. The van der Waals surface area contributed by atoms with Crippen molar-refractivity contribution in [1.82, 2.24) is 14.5 Å². The highest BCUT2D eigenvalue weighted by Crippen LogP contribution is 2.19. The number of amides is 1. The van der Waals surface area contributed by atoms with E-state index in [1.54, 1.807) is 18.5 Å². The van der Waals surface area contributed by atoms with Crippen LogP contribution in [0, 0.1) is 11.6 Å². The summed E-state index contributed by atoms with van der Waals surface area (Å²) in [6.45, 7) is -0.420. The van der Waals surface area contributed by atoms with Gasteiger partial charge in [-0.25, -0.2) is 18.7 Å². The molecule has 0 atom stereocenters. The van der Waals surface area contributed by atoms with Gasteiger partial charge in [-0.1, -0.05) is 12.1 Å². The molecule has 0 radical (unpaired) electrons. The lowest BCUT2D eigenvalue weighted by Crippen LogP contribution is -2.20. The maximum Gasteiger partial charge on any atom is 0.262 e. The number of carbonyl (C=O) groups is 1. The molecule has 1 amide bonds. The lowest BCUT2D eigenvalue weighted by atomic mass is 10.3. The van der Waals surface area contributed by atoms with E-state index in [0.29, 0.717) is 17.6 Å². The molecule has 2 aromatic heterocycles. The minimum atomic E-state index is -0.869. The van der Waals surface area contributed by atoms with E-state index in [9.17, 15) is 13.6 Å². The first-order chi connectivity index (χ1) is 13.6. The average Bonchev–Trinajstić information content (AvgIpc) is 3.12. The van der Waals surface area contributed by atoms with Crippen LogP contribution in [0.2, 0.25) is 0 Å². The molecule has 1 N–H and O–H groups in total. The molecule has 2 aromatic carbocycles. The molecule has 2 heterocycles. The van der Waals surface area contributed by atoms with E-state index in [4.69, 9.17) is 4.74 Å². The van der Waals surface area contributed by atoms with Crippen LogP contribution in [0.25, 0.3) is 16.9 Å². The van der Waals surface area contributed by atoms with Crippen molar-refractivity contribution < 1.29 is 18.3 Å². The van der Waals surface area contributed by atoms with Gasteiger partial charge in [0.15, 0.2) is 18.2 Å². The van der Waals surface area contributed by atoms with E-state index in [0.717, 1.165) is 23.2 Å². The summed E-state index contributed by atoms with van der Waals surface area (Å²) in [7, 11) is 0. The van der Waals surface area contributed by atoms with Gasteiger partial charge in [-0.05, 0) is 36.4 Å². The molecule has 0 aliphatic carbocycles. The molecule has 8 heteroatoms. The summed E-state index contributed by atoms with van der Waals surface area (Å²) in [5.74, 6) is -1.63. The Morgan fingerprint density at radius 2 is 1.93 bits per heavy atom. The molecule has 0 saturated carbocycles. The number of imidazole rings is 1. The number of para-hydroxylation sites is 2.